The second-order valence-corrected chi connectivity index (χ2v) is 6.04. The molecule has 1 aliphatic carbocycles. The van der Waals surface area contributed by atoms with Gasteiger partial charge >= 0.3 is 0 Å². The Labute approximate surface area is 117 Å². The topological polar surface area (TPSA) is 33.7 Å². The monoisotopic (exact) mass is 270 g/mol. The van der Waals surface area contributed by atoms with E-state index in [4.69, 9.17) is 9.47 Å². The number of nitrogens with one attached hydrogen (secondary N) is 1. The van der Waals surface area contributed by atoms with Gasteiger partial charge in [-0.1, -0.05) is 0 Å². The van der Waals surface area contributed by atoms with E-state index in [1.54, 1.807) is 7.11 Å². The first-order valence-corrected chi connectivity index (χ1v) is 7.82. The van der Waals surface area contributed by atoms with Crippen molar-refractivity contribution in [3.63, 3.8) is 0 Å². The number of ether oxygens (including phenoxy) is 2. The summed E-state index contributed by atoms with van der Waals surface area (Å²) in [5.74, 6) is 1.66. The van der Waals surface area contributed by atoms with Crippen LogP contribution in [0.5, 0.6) is 0 Å². The SMILES string of the molecule is COCCN(CCNCC1CCOC1)C(C)C1CC1. The van der Waals surface area contributed by atoms with Crippen molar-refractivity contribution >= 4 is 0 Å². The lowest BCUT2D eigenvalue weighted by atomic mass is 10.1. The van der Waals surface area contributed by atoms with E-state index in [1.165, 1.54) is 19.3 Å². The summed E-state index contributed by atoms with van der Waals surface area (Å²) in [7, 11) is 1.79. The Hall–Kier alpha value is -0.160. The molecule has 2 aliphatic rings. The molecular formula is C15H30N2O2. The number of methoxy groups -OCH3 is 1. The summed E-state index contributed by atoms with van der Waals surface area (Å²) in [4.78, 5) is 2.58. The van der Waals surface area contributed by atoms with Crippen LogP contribution in [-0.2, 0) is 9.47 Å². The van der Waals surface area contributed by atoms with Gasteiger partial charge in [0.25, 0.3) is 0 Å². The number of hydrogen-bond acceptors (Lipinski definition) is 4. The molecule has 1 N–H and O–H groups in total. The minimum atomic E-state index is 0.715. The Morgan fingerprint density at radius 2 is 2.16 bits per heavy atom. The molecule has 0 spiro atoms. The van der Waals surface area contributed by atoms with Gasteiger partial charge in [0, 0.05) is 45.9 Å². The van der Waals surface area contributed by atoms with Gasteiger partial charge in [0.2, 0.25) is 0 Å². The minimum Gasteiger partial charge on any atom is -0.383 e. The zero-order chi connectivity index (χ0) is 13.5. The van der Waals surface area contributed by atoms with Gasteiger partial charge in [-0.15, -0.1) is 0 Å². The molecule has 0 radical (unpaired) electrons. The van der Waals surface area contributed by atoms with Gasteiger partial charge in [-0.25, -0.2) is 0 Å². The third-order valence-electron chi connectivity index (χ3n) is 4.50. The summed E-state index contributed by atoms with van der Waals surface area (Å²) in [6, 6.07) is 0.715. The summed E-state index contributed by atoms with van der Waals surface area (Å²) in [6.45, 7) is 9.49. The quantitative estimate of drug-likeness (QED) is 0.608. The molecule has 2 unspecified atom stereocenters. The van der Waals surface area contributed by atoms with Crippen molar-refractivity contribution in [3.8, 4) is 0 Å². The fourth-order valence-corrected chi connectivity index (χ4v) is 2.88. The van der Waals surface area contributed by atoms with Crippen molar-refractivity contribution in [2.45, 2.75) is 32.2 Å². The van der Waals surface area contributed by atoms with E-state index in [0.29, 0.717) is 6.04 Å². The van der Waals surface area contributed by atoms with E-state index in [0.717, 1.165) is 57.8 Å². The molecule has 1 aliphatic heterocycles. The van der Waals surface area contributed by atoms with E-state index in [-0.39, 0.29) is 0 Å². The summed E-state index contributed by atoms with van der Waals surface area (Å²) in [6.07, 6.45) is 4.05. The predicted octanol–water partition coefficient (Wildman–Crippen LogP) is 1.36. The highest BCUT2D eigenvalue weighted by atomic mass is 16.5. The average molecular weight is 270 g/mol. The summed E-state index contributed by atoms with van der Waals surface area (Å²) in [5, 5.41) is 3.59. The zero-order valence-electron chi connectivity index (χ0n) is 12.6. The van der Waals surface area contributed by atoms with Crippen molar-refractivity contribution in [1.29, 1.82) is 0 Å². The van der Waals surface area contributed by atoms with Gasteiger partial charge in [0.05, 0.1) is 13.2 Å². The van der Waals surface area contributed by atoms with E-state index in [1.807, 2.05) is 0 Å². The molecule has 1 saturated heterocycles. The maximum atomic E-state index is 5.40. The van der Waals surface area contributed by atoms with Crippen LogP contribution >= 0.6 is 0 Å². The molecule has 2 rings (SSSR count). The van der Waals surface area contributed by atoms with Gasteiger partial charge in [-0.2, -0.15) is 0 Å². The molecule has 2 fully saturated rings. The van der Waals surface area contributed by atoms with Crippen LogP contribution in [0.1, 0.15) is 26.2 Å². The molecule has 0 aromatic rings. The van der Waals surface area contributed by atoms with Crippen LogP contribution < -0.4 is 5.32 Å². The van der Waals surface area contributed by atoms with E-state index < -0.39 is 0 Å². The third-order valence-corrected chi connectivity index (χ3v) is 4.50. The van der Waals surface area contributed by atoms with Crippen molar-refractivity contribution in [2.24, 2.45) is 11.8 Å². The lowest BCUT2D eigenvalue weighted by molar-refractivity contribution is 0.117. The van der Waals surface area contributed by atoms with Crippen LogP contribution in [0.3, 0.4) is 0 Å². The molecule has 2 atom stereocenters. The summed E-state index contributed by atoms with van der Waals surface area (Å²) >= 11 is 0. The average Bonchev–Trinajstić information content (AvgIpc) is 3.15. The lowest BCUT2D eigenvalue weighted by Gasteiger charge is -2.29. The molecule has 19 heavy (non-hydrogen) atoms. The second kappa shape index (κ2) is 8.20. The highest BCUT2D eigenvalue weighted by Gasteiger charge is 2.31. The third kappa shape index (κ3) is 5.38. The molecular weight excluding hydrogens is 240 g/mol. The highest BCUT2D eigenvalue weighted by molar-refractivity contribution is 4.85. The molecule has 1 heterocycles. The second-order valence-electron chi connectivity index (χ2n) is 6.04. The van der Waals surface area contributed by atoms with Crippen molar-refractivity contribution in [3.05, 3.63) is 0 Å². The Balaban J connectivity index is 1.60. The van der Waals surface area contributed by atoms with Crippen molar-refractivity contribution in [1.82, 2.24) is 10.2 Å². The standard InChI is InChI=1S/C15H30N2O2/c1-13(15-3-4-15)17(8-10-18-2)7-6-16-11-14-5-9-19-12-14/h13-16H,3-12H2,1-2H3. The highest BCUT2D eigenvalue weighted by Crippen LogP contribution is 2.34. The molecule has 0 bridgehead atoms. The van der Waals surface area contributed by atoms with Gasteiger partial charge in [0.15, 0.2) is 0 Å². The van der Waals surface area contributed by atoms with E-state index in [2.05, 4.69) is 17.1 Å². The van der Waals surface area contributed by atoms with Crippen LogP contribution in [0.4, 0.5) is 0 Å². The maximum Gasteiger partial charge on any atom is 0.0589 e. The van der Waals surface area contributed by atoms with Crippen LogP contribution in [0.15, 0.2) is 0 Å². The first-order valence-electron chi connectivity index (χ1n) is 7.82. The van der Waals surface area contributed by atoms with E-state index >= 15 is 0 Å². The fraction of sp³-hybridized carbons (Fsp3) is 1.00. The molecule has 0 aromatic carbocycles. The summed E-state index contributed by atoms with van der Waals surface area (Å²) < 4.78 is 10.6. The zero-order valence-corrected chi connectivity index (χ0v) is 12.6. The molecule has 4 heteroatoms. The van der Waals surface area contributed by atoms with Crippen LogP contribution in [0, 0.1) is 11.8 Å². The van der Waals surface area contributed by atoms with Gasteiger partial charge in [-0.05, 0) is 38.0 Å². The normalized spacial score (nSPS) is 25.1. The van der Waals surface area contributed by atoms with Gasteiger partial charge in [0.1, 0.15) is 0 Å². The Morgan fingerprint density at radius 1 is 1.32 bits per heavy atom. The van der Waals surface area contributed by atoms with Crippen LogP contribution in [-0.4, -0.2) is 64.1 Å². The fourth-order valence-electron chi connectivity index (χ4n) is 2.88. The Morgan fingerprint density at radius 3 is 2.79 bits per heavy atom. The maximum absolute atomic E-state index is 5.40. The summed E-state index contributed by atoms with van der Waals surface area (Å²) in [5.41, 5.74) is 0. The molecule has 4 nitrogen and oxygen atoms in total. The smallest absolute Gasteiger partial charge is 0.0589 e. The van der Waals surface area contributed by atoms with Crippen LogP contribution in [0.2, 0.25) is 0 Å². The van der Waals surface area contributed by atoms with Crippen molar-refractivity contribution < 1.29 is 9.47 Å². The predicted molar refractivity (Wildman–Crippen MR) is 77.4 cm³/mol. The van der Waals surface area contributed by atoms with Gasteiger partial charge < -0.3 is 14.8 Å². The van der Waals surface area contributed by atoms with Gasteiger partial charge in [-0.3, -0.25) is 4.90 Å². The van der Waals surface area contributed by atoms with Crippen molar-refractivity contribution in [2.75, 3.05) is 53.1 Å². The molecule has 112 valence electrons. The van der Waals surface area contributed by atoms with Crippen LogP contribution in [0.25, 0.3) is 0 Å². The minimum absolute atomic E-state index is 0.715. The first kappa shape index (κ1) is 15.2. The first-order chi connectivity index (χ1) is 9.31. The molecule has 0 amide bonds. The lowest BCUT2D eigenvalue weighted by Crippen LogP contribution is -2.42. The number of nitrogens with zero attached hydrogens (tertiary/aromatic N) is 1. The molecule has 0 aromatic heterocycles. The number of hydrogen-bond donors (Lipinski definition) is 1. The Bertz CT molecular complexity index is 240. The molecule has 1 saturated carbocycles. The Kier molecular flexibility index (Phi) is 6.57. The van der Waals surface area contributed by atoms with E-state index in [9.17, 15) is 0 Å². The number of rotatable bonds is 10. The largest absolute Gasteiger partial charge is 0.383 e.